The summed E-state index contributed by atoms with van der Waals surface area (Å²) in [7, 11) is 0. The van der Waals surface area contributed by atoms with Crippen LogP contribution < -0.4 is 10.6 Å². The van der Waals surface area contributed by atoms with Gasteiger partial charge in [-0.05, 0) is 18.2 Å². The number of hydrogen-bond acceptors (Lipinski definition) is 2. The molecule has 122 valence electrons. The Morgan fingerprint density at radius 2 is 1.68 bits per heavy atom. The Morgan fingerprint density at radius 1 is 1.09 bits per heavy atom. The van der Waals surface area contributed by atoms with E-state index >= 15 is 0 Å². The molecule has 0 unspecified atom stereocenters. The molecule has 0 radical (unpaired) electrons. The number of benzene rings is 1. The van der Waals surface area contributed by atoms with Crippen LogP contribution in [0.1, 0.15) is 5.56 Å². The fourth-order valence-corrected chi connectivity index (χ4v) is 1.42. The maximum Gasteiger partial charge on any atom is 0.471 e. The number of amides is 2. The van der Waals surface area contributed by atoms with Crippen molar-refractivity contribution in [3.63, 3.8) is 0 Å². The van der Waals surface area contributed by atoms with Crippen LogP contribution in [0.4, 0.5) is 32.0 Å². The molecule has 0 atom stereocenters. The molecule has 11 heteroatoms. The van der Waals surface area contributed by atoms with Crippen molar-refractivity contribution in [3.05, 3.63) is 28.8 Å². The number of alkyl halides is 6. The zero-order valence-electron chi connectivity index (χ0n) is 10.4. The van der Waals surface area contributed by atoms with E-state index in [9.17, 15) is 35.9 Å². The minimum absolute atomic E-state index is 0.247. The first-order chi connectivity index (χ1) is 9.91. The molecule has 22 heavy (non-hydrogen) atoms. The Labute approximate surface area is 124 Å². The van der Waals surface area contributed by atoms with E-state index in [0.717, 1.165) is 6.07 Å². The van der Waals surface area contributed by atoms with Crippen molar-refractivity contribution in [2.75, 3.05) is 11.9 Å². The van der Waals surface area contributed by atoms with Crippen LogP contribution in [0, 0.1) is 0 Å². The van der Waals surface area contributed by atoms with Crippen molar-refractivity contribution in [2.24, 2.45) is 0 Å². The van der Waals surface area contributed by atoms with Crippen LogP contribution in [-0.2, 0) is 15.8 Å². The van der Waals surface area contributed by atoms with Crippen LogP contribution in [-0.4, -0.2) is 24.5 Å². The molecule has 0 saturated carbocycles. The number of rotatable bonds is 3. The summed E-state index contributed by atoms with van der Waals surface area (Å²) in [4.78, 5) is 21.8. The lowest BCUT2D eigenvalue weighted by molar-refractivity contribution is -0.173. The Kier molecular flexibility index (Phi) is 5.28. The molecule has 0 aliphatic rings. The number of carbonyl (C=O) groups excluding carboxylic acids is 2. The number of halogens is 7. The van der Waals surface area contributed by atoms with Crippen molar-refractivity contribution >= 4 is 29.1 Å². The van der Waals surface area contributed by atoms with Gasteiger partial charge in [0.15, 0.2) is 0 Å². The van der Waals surface area contributed by atoms with Crippen molar-refractivity contribution in [2.45, 2.75) is 12.4 Å². The first-order valence-electron chi connectivity index (χ1n) is 5.43. The lowest BCUT2D eigenvalue weighted by atomic mass is 10.2. The molecular weight excluding hydrogens is 342 g/mol. The van der Waals surface area contributed by atoms with Gasteiger partial charge in [0.05, 0.1) is 22.8 Å². The second-order valence-electron chi connectivity index (χ2n) is 3.92. The third-order valence-corrected chi connectivity index (χ3v) is 2.56. The smallest absolute Gasteiger partial charge is 0.339 e. The fourth-order valence-electron chi connectivity index (χ4n) is 1.25. The van der Waals surface area contributed by atoms with E-state index in [0.29, 0.717) is 12.1 Å². The molecule has 1 aromatic carbocycles. The minimum atomic E-state index is -5.17. The van der Waals surface area contributed by atoms with Crippen molar-refractivity contribution in [1.29, 1.82) is 0 Å². The van der Waals surface area contributed by atoms with Crippen LogP contribution in [0.25, 0.3) is 0 Å². The van der Waals surface area contributed by atoms with E-state index in [1.54, 1.807) is 0 Å². The van der Waals surface area contributed by atoms with Gasteiger partial charge >= 0.3 is 18.3 Å². The van der Waals surface area contributed by atoms with Crippen molar-refractivity contribution in [3.8, 4) is 0 Å². The van der Waals surface area contributed by atoms with Gasteiger partial charge in [0.1, 0.15) is 0 Å². The van der Waals surface area contributed by atoms with Crippen LogP contribution in [0.3, 0.4) is 0 Å². The van der Waals surface area contributed by atoms with Crippen LogP contribution >= 0.6 is 11.6 Å². The second-order valence-corrected chi connectivity index (χ2v) is 4.33. The van der Waals surface area contributed by atoms with Gasteiger partial charge in [-0.25, -0.2) is 0 Å². The van der Waals surface area contributed by atoms with E-state index in [2.05, 4.69) is 0 Å². The average molecular weight is 349 g/mol. The highest BCUT2D eigenvalue weighted by molar-refractivity contribution is 6.33. The van der Waals surface area contributed by atoms with Gasteiger partial charge in [0.2, 0.25) is 5.91 Å². The van der Waals surface area contributed by atoms with Gasteiger partial charge in [-0.1, -0.05) is 11.6 Å². The molecule has 0 spiro atoms. The monoisotopic (exact) mass is 348 g/mol. The predicted octanol–water partition coefficient (Wildman–Crippen LogP) is 2.98. The minimum Gasteiger partial charge on any atom is -0.339 e. The van der Waals surface area contributed by atoms with Crippen molar-refractivity contribution < 1.29 is 35.9 Å². The summed E-state index contributed by atoms with van der Waals surface area (Å²) in [5.41, 5.74) is -1.55. The van der Waals surface area contributed by atoms with E-state index in [1.165, 1.54) is 5.32 Å². The molecule has 4 nitrogen and oxygen atoms in total. The first-order valence-corrected chi connectivity index (χ1v) is 5.80. The molecule has 2 N–H and O–H groups in total. The summed E-state index contributed by atoms with van der Waals surface area (Å²) in [6.07, 6.45) is -9.86. The average Bonchev–Trinajstić information content (AvgIpc) is 2.36. The topological polar surface area (TPSA) is 58.2 Å². The van der Waals surface area contributed by atoms with Gasteiger partial charge in [0, 0.05) is 0 Å². The van der Waals surface area contributed by atoms with Gasteiger partial charge in [-0.2, -0.15) is 26.3 Å². The van der Waals surface area contributed by atoms with Gasteiger partial charge in [-0.3, -0.25) is 9.59 Å². The van der Waals surface area contributed by atoms with Crippen LogP contribution in [0.5, 0.6) is 0 Å². The van der Waals surface area contributed by atoms with Crippen LogP contribution in [0.2, 0.25) is 5.02 Å². The summed E-state index contributed by atoms with van der Waals surface area (Å²) in [6, 6.07) is 2.06. The molecule has 0 fully saturated rings. The zero-order chi connectivity index (χ0) is 17.1. The molecule has 0 heterocycles. The summed E-state index contributed by atoms with van der Waals surface area (Å²) in [5.74, 6) is -3.52. The largest absolute Gasteiger partial charge is 0.471 e. The molecule has 0 aromatic heterocycles. The molecule has 0 aliphatic heterocycles. The van der Waals surface area contributed by atoms with Gasteiger partial charge < -0.3 is 10.6 Å². The Morgan fingerprint density at radius 3 is 2.18 bits per heavy atom. The maximum atomic E-state index is 12.5. The third-order valence-electron chi connectivity index (χ3n) is 2.23. The van der Waals surface area contributed by atoms with Crippen LogP contribution in [0.15, 0.2) is 18.2 Å². The van der Waals surface area contributed by atoms with Crippen molar-refractivity contribution in [1.82, 2.24) is 5.32 Å². The number of anilines is 1. The Bertz CT molecular complexity index is 585. The molecule has 2 amide bonds. The first kappa shape index (κ1) is 18.1. The molecule has 1 rings (SSSR count). The van der Waals surface area contributed by atoms with E-state index < -0.39 is 42.0 Å². The second kappa shape index (κ2) is 6.42. The normalized spacial score (nSPS) is 12.0. The van der Waals surface area contributed by atoms with Gasteiger partial charge in [0.25, 0.3) is 0 Å². The Balaban J connectivity index is 2.75. The highest BCUT2D eigenvalue weighted by Gasteiger charge is 2.38. The quantitative estimate of drug-likeness (QED) is 0.825. The SMILES string of the molecule is O=C(CNC(=O)C(F)(F)F)Nc1cc(C(F)(F)F)ccc1Cl. The zero-order valence-corrected chi connectivity index (χ0v) is 11.2. The standard InChI is InChI=1S/C11H7ClF6N2O2/c12-6-2-1-5(10(13,14)15)3-7(6)20-8(21)4-19-9(22)11(16,17)18/h1-3H,4H2,(H,19,22)(H,20,21). The molecule has 0 bridgehead atoms. The van der Waals surface area contributed by atoms with E-state index in [4.69, 9.17) is 11.6 Å². The third kappa shape index (κ3) is 5.10. The van der Waals surface area contributed by atoms with E-state index in [1.807, 2.05) is 5.32 Å². The Hall–Kier alpha value is -1.97. The van der Waals surface area contributed by atoms with E-state index in [-0.39, 0.29) is 5.02 Å². The number of nitrogens with one attached hydrogen (secondary N) is 2. The molecule has 0 saturated heterocycles. The molecule has 0 aliphatic carbocycles. The lowest BCUT2D eigenvalue weighted by Gasteiger charge is -2.12. The number of hydrogen-bond donors (Lipinski definition) is 2. The summed E-state index contributed by atoms with van der Waals surface area (Å²) >= 11 is 5.58. The molecule has 1 aromatic rings. The summed E-state index contributed by atoms with van der Waals surface area (Å²) < 4.78 is 73.1. The van der Waals surface area contributed by atoms with Gasteiger partial charge in [-0.15, -0.1) is 0 Å². The fraction of sp³-hybridized carbons (Fsp3) is 0.273. The maximum absolute atomic E-state index is 12.5. The lowest BCUT2D eigenvalue weighted by Crippen LogP contribution is -2.41. The predicted molar refractivity (Wildman–Crippen MR) is 64.1 cm³/mol. The highest BCUT2D eigenvalue weighted by atomic mass is 35.5. The summed E-state index contributed by atoms with van der Waals surface area (Å²) in [5, 5.41) is 2.90. The highest BCUT2D eigenvalue weighted by Crippen LogP contribution is 2.33. The molecular formula is C11H7ClF6N2O2. The summed E-state index contributed by atoms with van der Waals surface area (Å²) in [6.45, 7) is -1.08. The number of carbonyl (C=O) groups is 2.